The van der Waals surface area contributed by atoms with E-state index in [-0.39, 0.29) is 31.0 Å². The fourth-order valence-corrected chi connectivity index (χ4v) is 6.76. The van der Waals surface area contributed by atoms with Gasteiger partial charge in [-0.15, -0.1) is 5.10 Å². The Morgan fingerprint density at radius 1 is 1.15 bits per heavy atom. The molecule has 12 heteroatoms. The third kappa shape index (κ3) is 7.46. The number of benzene rings is 3. The second-order valence-electron chi connectivity index (χ2n) is 11.4. The lowest BCUT2D eigenvalue weighted by molar-refractivity contribution is -0.267. The Hall–Kier alpha value is -3.32. The minimum Gasteiger partial charge on any atom is -0.376 e. The number of nitrogens with zero attached hydrogens (tertiary/aromatic N) is 4. The van der Waals surface area contributed by atoms with E-state index < -0.39 is 23.9 Å². The van der Waals surface area contributed by atoms with Crippen LogP contribution in [-0.4, -0.2) is 76.4 Å². The summed E-state index contributed by atoms with van der Waals surface area (Å²) in [5.41, 5.74) is 2.55. The molecule has 1 aromatic heterocycles. The Labute approximate surface area is 276 Å². The molecule has 242 valence electrons. The van der Waals surface area contributed by atoms with E-state index in [0.717, 1.165) is 25.1 Å². The lowest BCUT2D eigenvalue weighted by atomic mass is 10.1. The zero-order chi connectivity index (χ0) is 32.2. The molecule has 2 fully saturated rings. The summed E-state index contributed by atoms with van der Waals surface area (Å²) in [7, 11) is 1.60. The van der Waals surface area contributed by atoms with Crippen molar-refractivity contribution in [2.45, 2.75) is 61.7 Å². The largest absolute Gasteiger partial charge is 0.376 e. The van der Waals surface area contributed by atoms with E-state index in [1.165, 1.54) is 17.8 Å². The first-order valence-electron chi connectivity index (χ1n) is 15.2. The van der Waals surface area contributed by atoms with Crippen molar-refractivity contribution in [3.63, 3.8) is 0 Å². The Morgan fingerprint density at radius 3 is 2.65 bits per heavy atom. The first-order valence-corrected chi connectivity index (χ1v) is 16.5. The third-order valence-corrected chi connectivity index (χ3v) is 9.67. The van der Waals surface area contributed by atoms with E-state index in [4.69, 9.17) is 30.5 Å². The number of halogens is 2. The summed E-state index contributed by atoms with van der Waals surface area (Å²) in [4.78, 5) is 15.9. The second-order valence-corrected chi connectivity index (χ2v) is 13.0. The molecule has 5 atom stereocenters. The molecule has 0 saturated carbocycles. The molecule has 1 amide bonds. The van der Waals surface area contributed by atoms with Crippen molar-refractivity contribution in [3.8, 4) is 11.3 Å². The summed E-state index contributed by atoms with van der Waals surface area (Å²) < 4.78 is 41.0. The van der Waals surface area contributed by atoms with Gasteiger partial charge in [0.2, 0.25) is 0 Å². The van der Waals surface area contributed by atoms with Crippen molar-refractivity contribution < 1.29 is 28.1 Å². The number of rotatable bonds is 11. The predicted molar refractivity (Wildman–Crippen MR) is 173 cm³/mol. The van der Waals surface area contributed by atoms with Crippen LogP contribution in [0.2, 0.25) is 5.02 Å². The molecule has 0 spiro atoms. The molecule has 2 aliphatic heterocycles. The van der Waals surface area contributed by atoms with Gasteiger partial charge in [-0.1, -0.05) is 71.0 Å². The summed E-state index contributed by atoms with van der Waals surface area (Å²) in [6, 6.07) is 20.0. The van der Waals surface area contributed by atoms with Gasteiger partial charge in [-0.25, -0.2) is 9.07 Å². The standard InChI is InChI=1S/C34H36ClFN4O5S/c1-21-10-11-24(16-27(21)36)28-18-40(38-37-28)19-29(42-3)34(45-30-20-43-33(44-22(30)2)23-8-5-4-6-9-23)46-31-17-25(35)12-13-26(31)32(41)39-14-7-15-39/h4-6,8-13,16-18,22,29-30,33-34H,7,14-15,19-20H2,1-3H3/t22-,29+,30?,33?,34?/m1/s1. The molecular formula is C34H36ClFN4O5S. The van der Waals surface area contributed by atoms with Crippen molar-refractivity contribution in [2.75, 3.05) is 26.8 Å². The molecule has 0 bridgehead atoms. The van der Waals surface area contributed by atoms with E-state index in [0.29, 0.717) is 32.3 Å². The van der Waals surface area contributed by atoms with E-state index >= 15 is 0 Å². The first kappa shape index (κ1) is 32.6. The van der Waals surface area contributed by atoms with Gasteiger partial charge in [0.1, 0.15) is 29.2 Å². The van der Waals surface area contributed by atoms with Gasteiger partial charge in [0.25, 0.3) is 5.91 Å². The van der Waals surface area contributed by atoms with Crippen molar-refractivity contribution in [2.24, 2.45) is 0 Å². The van der Waals surface area contributed by atoms with Crippen molar-refractivity contribution in [1.82, 2.24) is 19.9 Å². The zero-order valence-electron chi connectivity index (χ0n) is 25.8. The number of ether oxygens (including phenoxy) is 4. The second kappa shape index (κ2) is 14.6. The van der Waals surface area contributed by atoms with Crippen LogP contribution in [0.4, 0.5) is 4.39 Å². The average molecular weight is 667 g/mol. The van der Waals surface area contributed by atoms with Crippen LogP contribution in [-0.2, 0) is 25.5 Å². The van der Waals surface area contributed by atoms with Gasteiger partial charge < -0.3 is 23.8 Å². The molecule has 9 nitrogen and oxygen atoms in total. The van der Waals surface area contributed by atoms with E-state index in [2.05, 4.69) is 10.3 Å². The Bertz CT molecular complexity index is 1660. The molecule has 0 aliphatic carbocycles. The highest BCUT2D eigenvalue weighted by Crippen LogP contribution is 2.37. The number of aryl methyl sites for hydroxylation is 1. The number of likely N-dealkylation sites (tertiary alicyclic amines) is 1. The Balaban J connectivity index is 1.25. The maximum atomic E-state index is 14.3. The van der Waals surface area contributed by atoms with Crippen LogP contribution in [0.15, 0.2) is 77.8 Å². The van der Waals surface area contributed by atoms with Gasteiger partial charge in [0, 0.05) is 41.2 Å². The summed E-state index contributed by atoms with van der Waals surface area (Å²) >= 11 is 7.81. The topological polar surface area (TPSA) is 87.9 Å². The fourth-order valence-electron chi connectivity index (χ4n) is 5.25. The highest BCUT2D eigenvalue weighted by molar-refractivity contribution is 8.00. The zero-order valence-corrected chi connectivity index (χ0v) is 27.4. The van der Waals surface area contributed by atoms with E-state index in [1.54, 1.807) is 49.2 Å². The summed E-state index contributed by atoms with van der Waals surface area (Å²) in [6.45, 7) is 5.67. The number of hydrogen-bond donors (Lipinski definition) is 0. The molecule has 2 aliphatic rings. The normalized spacial score (nSPS) is 21.1. The molecule has 3 unspecified atom stereocenters. The lowest BCUT2D eigenvalue weighted by Crippen LogP contribution is -2.45. The minimum absolute atomic E-state index is 0.0483. The minimum atomic E-state index is -0.635. The number of carbonyl (C=O) groups excluding carboxylic acids is 1. The molecule has 0 N–H and O–H groups in total. The highest BCUT2D eigenvalue weighted by Gasteiger charge is 2.36. The summed E-state index contributed by atoms with van der Waals surface area (Å²) in [6.07, 6.45) is 0.920. The van der Waals surface area contributed by atoms with Crippen LogP contribution < -0.4 is 0 Å². The molecule has 3 heterocycles. The molecule has 6 rings (SSSR count). The number of carbonyl (C=O) groups is 1. The Morgan fingerprint density at radius 2 is 1.96 bits per heavy atom. The number of thioether (sulfide) groups is 1. The first-order chi connectivity index (χ1) is 22.3. The van der Waals surface area contributed by atoms with Crippen LogP contribution >= 0.6 is 23.4 Å². The fraction of sp³-hybridized carbons (Fsp3) is 0.382. The van der Waals surface area contributed by atoms with Crippen LogP contribution in [0, 0.1) is 12.7 Å². The molecule has 4 aromatic rings. The molecule has 2 saturated heterocycles. The van der Waals surface area contributed by atoms with Crippen molar-refractivity contribution in [1.29, 1.82) is 0 Å². The van der Waals surface area contributed by atoms with Crippen LogP contribution in [0.5, 0.6) is 0 Å². The average Bonchev–Trinajstić information content (AvgIpc) is 3.50. The maximum absolute atomic E-state index is 14.3. The monoisotopic (exact) mass is 666 g/mol. The molecule has 46 heavy (non-hydrogen) atoms. The van der Waals surface area contributed by atoms with Gasteiger partial charge >= 0.3 is 0 Å². The van der Waals surface area contributed by atoms with Crippen LogP contribution in [0.3, 0.4) is 0 Å². The van der Waals surface area contributed by atoms with Crippen LogP contribution in [0.25, 0.3) is 11.3 Å². The maximum Gasteiger partial charge on any atom is 0.254 e. The van der Waals surface area contributed by atoms with E-state index in [9.17, 15) is 9.18 Å². The summed E-state index contributed by atoms with van der Waals surface area (Å²) in [5.74, 6) is -0.356. The highest BCUT2D eigenvalue weighted by atomic mass is 35.5. The number of methoxy groups -OCH3 is 1. The SMILES string of the molecule is CO[C@@H](Cn1cc(-c2ccc(C)c(F)c2)nn1)C(OC1COC(c2ccccc2)O[C@@H]1C)Sc1cc(Cl)ccc1C(=O)N1CCC1. The summed E-state index contributed by atoms with van der Waals surface area (Å²) in [5, 5.41) is 9.07. The van der Waals surface area contributed by atoms with Gasteiger partial charge in [-0.3, -0.25) is 4.79 Å². The molecule has 3 aromatic carbocycles. The van der Waals surface area contributed by atoms with Gasteiger partial charge in [0.05, 0.1) is 31.0 Å². The quantitative estimate of drug-likeness (QED) is 0.132. The Kier molecular flexibility index (Phi) is 10.4. The predicted octanol–water partition coefficient (Wildman–Crippen LogP) is 6.54. The molecular weight excluding hydrogens is 631 g/mol. The van der Waals surface area contributed by atoms with Gasteiger partial charge in [0.15, 0.2) is 6.29 Å². The van der Waals surface area contributed by atoms with E-state index in [1.807, 2.05) is 48.2 Å². The lowest BCUT2D eigenvalue weighted by Gasteiger charge is -2.38. The van der Waals surface area contributed by atoms with Crippen molar-refractivity contribution >= 4 is 29.3 Å². The number of hydrogen-bond acceptors (Lipinski definition) is 8. The smallest absolute Gasteiger partial charge is 0.254 e. The van der Waals surface area contributed by atoms with Crippen LogP contribution in [0.1, 0.15) is 41.1 Å². The van der Waals surface area contributed by atoms with Gasteiger partial charge in [-0.05, 0) is 50.1 Å². The third-order valence-electron chi connectivity index (χ3n) is 8.19. The molecule has 0 radical (unpaired) electrons. The van der Waals surface area contributed by atoms with Gasteiger partial charge in [-0.2, -0.15) is 0 Å². The number of aromatic nitrogens is 3. The van der Waals surface area contributed by atoms with Crippen molar-refractivity contribution in [3.05, 3.63) is 100 Å². The number of amides is 1.